The number of thiophene rings is 1. The zero-order valence-electron chi connectivity index (χ0n) is 14.5. The summed E-state index contributed by atoms with van der Waals surface area (Å²) in [6.45, 7) is 0.969. The Morgan fingerprint density at radius 2 is 1.79 bits per heavy atom. The van der Waals surface area contributed by atoms with Crippen molar-refractivity contribution in [1.29, 1.82) is 0 Å². The SMILES string of the molecule is CCN(C(N)=O)C(=O)c1ccc(-c2sc(C(=O)O)c(OCC(=O)O)c2Cl)cc1. The maximum atomic E-state index is 12.3. The zero-order valence-corrected chi connectivity index (χ0v) is 16.0. The molecule has 0 aliphatic heterocycles. The van der Waals surface area contributed by atoms with E-state index in [1.165, 1.54) is 24.3 Å². The summed E-state index contributed by atoms with van der Waals surface area (Å²) < 4.78 is 5.01. The lowest BCUT2D eigenvalue weighted by Gasteiger charge is -2.16. The fourth-order valence-corrected chi connectivity index (χ4v) is 3.72. The molecule has 0 bridgehead atoms. The second-order valence-corrected chi connectivity index (χ2v) is 6.75. The summed E-state index contributed by atoms with van der Waals surface area (Å²) in [6.07, 6.45) is 0. The number of rotatable bonds is 7. The van der Waals surface area contributed by atoms with Gasteiger partial charge in [0.25, 0.3) is 5.91 Å². The van der Waals surface area contributed by atoms with Gasteiger partial charge >= 0.3 is 18.0 Å². The van der Waals surface area contributed by atoms with Gasteiger partial charge in [0.15, 0.2) is 17.2 Å². The molecule has 0 spiro atoms. The van der Waals surface area contributed by atoms with Gasteiger partial charge in [-0.1, -0.05) is 23.7 Å². The molecule has 0 saturated heterocycles. The molecule has 1 aromatic heterocycles. The van der Waals surface area contributed by atoms with Crippen LogP contribution in [0.2, 0.25) is 5.02 Å². The molecule has 4 N–H and O–H groups in total. The van der Waals surface area contributed by atoms with Gasteiger partial charge in [0.2, 0.25) is 0 Å². The first-order valence-corrected chi connectivity index (χ1v) is 8.98. The number of nitrogens with zero attached hydrogens (tertiary/aromatic N) is 1. The van der Waals surface area contributed by atoms with Crippen LogP contribution in [0.4, 0.5) is 4.79 Å². The summed E-state index contributed by atoms with van der Waals surface area (Å²) in [4.78, 5) is 46.6. The van der Waals surface area contributed by atoms with E-state index in [0.717, 1.165) is 16.2 Å². The van der Waals surface area contributed by atoms with Crippen molar-refractivity contribution in [2.45, 2.75) is 6.92 Å². The number of aliphatic carboxylic acids is 1. The van der Waals surface area contributed by atoms with Crippen LogP contribution < -0.4 is 10.5 Å². The van der Waals surface area contributed by atoms with Crippen LogP contribution >= 0.6 is 22.9 Å². The normalized spacial score (nSPS) is 10.4. The minimum absolute atomic E-state index is 0.0463. The van der Waals surface area contributed by atoms with Crippen LogP contribution in [-0.4, -0.2) is 52.1 Å². The monoisotopic (exact) mass is 426 g/mol. The summed E-state index contributed by atoms with van der Waals surface area (Å²) >= 11 is 7.01. The van der Waals surface area contributed by atoms with E-state index in [2.05, 4.69) is 0 Å². The molecule has 9 nitrogen and oxygen atoms in total. The van der Waals surface area contributed by atoms with Gasteiger partial charge in [0.1, 0.15) is 5.02 Å². The number of carboxylic acids is 2. The predicted octanol–water partition coefficient (Wildman–Crippen LogP) is 2.77. The van der Waals surface area contributed by atoms with Gasteiger partial charge in [-0.2, -0.15) is 0 Å². The highest BCUT2D eigenvalue weighted by Crippen LogP contribution is 2.45. The number of halogens is 1. The molecule has 11 heteroatoms. The lowest BCUT2D eigenvalue weighted by Crippen LogP contribution is -2.40. The fourth-order valence-electron chi connectivity index (χ4n) is 2.30. The first kappa shape index (κ1) is 21.2. The first-order valence-electron chi connectivity index (χ1n) is 7.79. The van der Waals surface area contributed by atoms with Crippen molar-refractivity contribution in [1.82, 2.24) is 4.90 Å². The molecule has 0 aliphatic rings. The zero-order chi connectivity index (χ0) is 21.0. The average molecular weight is 427 g/mol. The Balaban J connectivity index is 2.39. The Hall–Kier alpha value is -3.11. The lowest BCUT2D eigenvalue weighted by molar-refractivity contribution is -0.139. The summed E-state index contributed by atoms with van der Waals surface area (Å²) in [5.74, 6) is -3.40. The lowest BCUT2D eigenvalue weighted by atomic mass is 10.1. The first-order chi connectivity index (χ1) is 13.2. The molecule has 2 rings (SSSR count). The molecule has 0 saturated carbocycles. The van der Waals surface area contributed by atoms with E-state index in [1.54, 1.807) is 6.92 Å². The van der Waals surface area contributed by atoms with Crippen molar-refractivity contribution >= 4 is 46.8 Å². The highest BCUT2D eigenvalue weighted by Gasteiger charge is 2.25. The minimum atomic E-state index is -1.31. The topological polar surface area (TPSA) is 147 Å². The second-order valence-electron chi connectivity index (χ2n) is 5.36. The molecular weight excluding hydrogens is 412 g/mol. The van der Waals surface area contributed by atoms with Gasteiger partial charge in [-0.3, -0.25) is 9.69 Å². The van der Waals surface area contributed by atoms with Crippen LogP contribution in [0.25, 0.3) is 10.4 Å². The van der Waals surface area contributed by atoms with E-state index < -0.39 is 30.5 Å². The molecule has 28 heavy (non-hydrogen) atoms. The van der Waals surface area contributed by atoms with Crippen LogP contribution in [0, 0.1) is 0 Å². The van der Waals surface area contributed by atoms with Gasteiger partial charge in [0.05, 0.1) is 4.88 Å². The largest absolute Gasteiger partial charge is 0.479 e. The van der Waals surface area contributed by atoms with Crippen molar-refractivity contribution < 1.29 is 34.1 Å². The van der Waals surface area contributed by atoms with Crippen molar-refractivity contribution in [2.75, 3.05) is 13.2 Å². The van der Waals surface area contributed by atoms with E-state index in [1.807, 2.05) is 0 Å². The molecule has 0 unspecified atom stereocenters. The summed E-state index contributed by atoms with van der Waals surface area (Å²) in [5, 5.41) is 18.0. The van der Waals surface area contributed by atoms with E-state index in [4.69, 9.17) is 27.2 Å². The molecule has 0 aliphatic carbocycles. The van der Waals surface area contributed by atoms with Crippen LogP contribution in [0.1, 0.15) is 27.0 Å². The Morgan fingerprint density at radius 3 is 2.25 bits per heavy atom. The van der Waals surface area contributed by atoms with Gasteiger partial charge < -0.3 is 20.7 Å². The van der Waals surface area contributed by atoms with Crippen LogP contribution in [0.5, 0.6) is 5.75 Å². The number of carbonyl (C=O) groups excluding carboxylic acids is 2. The number of imide groups is 1. The number of aromatic carboxylic acids is 1. The van der Waals surface area contributed by atoms with E-state index in [9.17, 15) is 24.3 Å². The number of hydrogen-bond acceptors (Lipinski definition) is 6. The molecule has 1 aromatic carbocycles. The maximum absolute atomic E-state index is 12.3. The van der Waals surface area contributed by atoms with E-state index in [0.29, 0.717) is 10.4 Å². The van der Waals surface area contributed by atoms with E-state index >= 15 is 0 Å². The maximum Gasteiger partial charge on any atom is 0.349 e. The fraction of sp³-hybridized carbons (Fsp3) is 0.176. The predicted molar refractivity (Wildman–Crippen MR) is 101 cm³/mol. The molecule has 1 heterocycles. The molecule has 2 aromatic rings. The average Bonchev–Trinajstić information content (AvgIpc) is 2.97. The standard InChI is InChI=1S/C17H15ClN2O7S/c1-2-20(17(19)26)15(23)9-5-3-8(4-6-9)13-11(18)12(27-7-10(21)22)14(28-13)16(24)25/h3-6H,2,7H2,1H3,(H2,19,26)(H,21,22)(H,24,25). The van der Waals surface area contributed by atoms with Gasteiger partial charge in [-0.15, -0.1) is 11.3 Å². The quantitative estimate of drug-likeness (QED) is 0.616. The summed E-state index contributed by atoms with van der Waals surface area (Å²) in [6, 6.07) is 5.05. The van der Waals surface area contributed by atoms with Crippen molar-refractivity contribution in [3.8, 4) is 16.2 Å². The second kappa shape index (κ2) is 8.72. The van der Waals surface area contributed by atoms with Crippen LogP contribution in [0.3, 0.4) is 0 Å². The Bertz CT molecular complexity index is 940. The Labute approximate surface area is 167 Å². The number of carbonyl (C=O) groups is 4. The number of nitrogens with two attached hydrogens (primary N) is 1. The number of primary amides is 1. The summed E-state index contributed by atoms with van der Waals surface area (Å²) in [7, 11) is 0. The number of hydrogen-bond donors (Lipinski definition) is 3. The number of carboxylic acid groups (broad SMARTS) is 2. The number of benzene rings is 1. The number of ether oxygens (including phenoxy) is 1. The van der Waals surface area contributed by atoms with Gasteiger partial charge in [-0.25, -0.2) is 14.4 Å². The van der Waals surface area contributed by atoms with Crippen molar-refractivity contribution in [3.63, 3.8) is 0 Å². The molecule has 3 amide bonds. The molecule has 0 fully saturated rings. The molecular formula is C17H15ClN2O7S. The smallest absolute Gasteiger partial charge is 0.349 e. The van der Waals surface area contributed by atoms with Crippen molar-refractivity contribution in [3.05, 3.63) is 39.7 Å². The van der Waals surface area contributed by atoms with Crippen LogP contribution in [0.15, 0.2) is 24.3 Å². The summed E-state index contributed by atoms with van der Waals surface area (Å²) in [5.41, 5.74) is 5.86. The third-order valence-corrected chi connectivity index (χ3v) is 5.25. The van der Waals surface area contributed by atoms with Crippen LogP contribution in [-0.2, 0) is 4.79 Å². The number of amides is 3. The Kier molecular flexibility index (Phi) is 6.60. The molecule has 0 radical (unpaired) electrons. The van der Waals surface area contributed by atoms with Crippen molar-refractivity contribution in [2.24, 2.45) is 5.73 Å². The minimum Gasteiger partial charge on any atom is -0.479 e. The third kappa shape index (κ3) is 4.41. The highest BCUT2D eigenvalue weighted by atomic mass is 35.5. The Morgan fingerprint density at radius 1 is 1.18 bits per heavy atom. The highest BCUT2D eigenvalue weighted by molar-refractivity contribution is 7.18. The van der Waals surface area contributed by atoms with Gasteiger partial charge in [0, 0.05) is 12.1 Å². The number of urea groups is 1. The molecule has 148 valence electrons. The van der Waals surface area contributed by atoms with E-state index in [-0.39, 0.29) is 27.8 Å². The third-order valence-electron chi connectivity index (χ3n) is 3.56. The van der Waals surface area contributed by atoms with Gasteiger partial charge in [-0.05, 0) is 24.6 Å². The molecule has 0 atom stereocenters.